The summed E-state index contributed by atoms with van der Waals surface area (Å²) in [5.74, 6) is 0.667. The first-order valence-electron chi connectivity index (χ1n) is 9.28. The molecule has 0 radical (unpaired) electrons. The molecule has 0 spiro atoms. The molecule has 0 saturated carbocycles. The van der Waals surface area contributed by atoms with Crippen molar-refractivity contribution in [1.82, 2.24) is 19.7 Å². The Bertz CT molecular complexity index is 1150. The summed E-state index contributed by atoms with van der Waals surface area (Å²) in [5, 5.41) is 11.3. The van der Waals surface area contributed by atoms with E-state index in [1.807, 2.05) is 41.9 Å². The van der Waals surface area contributed by atoms with E-state index in [4.69, 9.17) is 0 Å². The molecule has 148 valence electrons. The number of fused-ring (bicyclic) bond motifs is 1. The Kier molecular flexibility index (Phi) is 5.64. The molecule has 6 nitrogen and oxygen atoms in total. The largest absolute Gasteiger partial charge is 0.321 e. The molecule has 29 heavy (non-hydrogen) atoms. The number of benzene rings is 1. The maximum Gasteiger partial charge on any atom is 0.255 e. The Morgan fingerprint density at radius 2 is 2.03 bits per heavy atom. The lowest BCUT2D eigenvalue weighted by molar-refractivity contribution is 0.102. The molecule has 4 aromatic rings. The standard InChI is InChI=1S/C21H21N5OS2/c1-13(2)26-20-16(9-23-26)8-17(10-22-20)25-21(27)15-4-6-19(7-5-15)29-12-18-11-28-14(3)24-18/h4-11,13H,12H2,1-3H3,(H,25,27). The van der Waals surface area contributed by atoms with E-state index in [1.165, 1.54) is 0 Å². The van der Waals surface area contributed by atoms with Gasteiger partial charge in [0.15, 0.2) is 5.65 Å². The van der Waals surface area contributed by atoms with Crippen LogP contribution in [-0.2, 0) is 5.75 Å². The zero-order valence-corrected chi connectivity index (χ0v) is 18.0. The number of carbonyl (C=O) groups excluding carboxylic acids is 1. The number of carbonyl (C=O) groups is 1. The fourth-order valence-corrected chi connectivity index (χ4v) is 4.43. The highest BCUT2D eigenvalue weighted by atomic mass is 32.2. The topological polar surface area (TPSA) is 72.7 Å². The molecule has 1 N–H and O–H groups in total. The summed E-state index contributed by atoms with van der Waals surface area (Å²) in [6.45, 7) is 6.13. The van der Waals surface area contributed by atoms with Crippen molar-refractivity contribution >= 4 is 45.7 Å². The van der Waals surface area contributed by atoms with Crippen LogP contribution in [0.15, 0.2) is 53.0 Å². The van der Waals surface area contributed by atoms with E-state index >= 15 is 0 Å². The molecule has 0 aliphatic rings. The lowest BCUT2D eigenvalue weighted by Crippen LogP contribution is -2.12. The highest BCUT2D eigenvalue weighted by Crippen LogP contribution is 2.24. The molecule has 1 amide bonds. The minimum Gasteiger partial charge on any atom is -0.321 e. The van der Waals surface area contributed by atoms with Gasteiger partial charge in [0.1, 0.15) is 0 Å². The van der Waals surface area contributed by atoms with Gasteiger partial charge < -0.3 is 5.32 Å². The third-order valence-corrected chi connectivity index (χ3v) is 6.22. The number of rotatable bonds is 6. The fraction of sp³-hybridized carbons (Fsp3) is 0.238. The second-order valence-corrected chi connectivity index (χ2v) is 9.06. The van der Waals surface area contributed by atoms with E-state index in [2.05, 4.69) is 39.6 Å². The molecule has 0 fully saturated rings. The predicted molar refractivity (Wildman–Crippen MR) is 119 cm³/mol. The van der Waals surface area contributed by atoms with Crippen molar-refractivity contribution in [3.05, 3.63) is 64.4 Å². The number of amides is 1. The molecule has 1 aromatic carbocycles. The van der Waals surface area contributed by atoms with Crippen molar-refractivity contribution in [2.75, 3.05) is 5.32 Å². The summed E-state index contributed by atoms with van der Waals surface area (Å²) < 4.78 is 1.87. The predicted octanol–water partition coefficient (Wildman–Crippen LogP) is 5.32. The summed E-state index contributed by atoms with van der Waals surface area (Å²) in [4.78, 5) is 22.6. The summed E-state index contributed by atoms with van der Waals surface area (Å²) in [7, 11) is 0. The summed E-state index contributed by atoms with van der Waals surface area (Å²) in [6.07, 6.45) is 3.44. The number of aryl methyl sites for hydroxylation is 1. The first-order chi connectivity index (χ1) is 14.0. The van der Waals surface area contributed by atoms with Crippen LogP contribution >= 0.6 is 23.1 Å². The SMILES string of the molecule is Cc1nc(CSc2ccc(C(=O)Nc3cnc4c(cnn4C(C)C)c3)cc2)cs1. The van der Waals surface area contributed by atoms with E-state index in [0.29, 0.717) is 11.3 Å². The number of pyridine rings is 1. The van der Waals surface area contributed by atoms with Gasteiger partial charge in [-0.1, -0.05) is 0 Å². The Morgan fingerprint density at radius 1 is 1.24 bits per heavy atom. The average molecular weight is 424 g/mol. The number of hydrogen-bond acceptors (Lipinski definition) is 6. The van der Waals surface area contributed by atoms with Gasteiger partial charge in [-0.05, 0) is 51.1 Å². The molecule has 0 unspecified atom stereocenters. The van der Waals surface area contributed by atoms with Gasteiger partial charge in [-0.2, -0.15) is 5.10 Å². The van der Waals surface area contributed by atoms with Crippen LogP contribution in [0.2, 0.25) is 0 Å². The third kappa shape index (κ3) is 4.49. The Hall–Kier alpha value is -2.71. The van der Waals surface area contributed by atoms with Crippen molar-refractivity contribution in [2.45, 2.75) is 37.5 Å². The Balaban J connectivity index is 1.41. The van der Waals surface area contributed by atoms with Crippen LogP contribution in [0.25, 0.3) is 11.0 Å². The first-order valence-corrected chi connectivity index (χ1v) is 11.1. The van der Waals surface area contributed by atoms with Crippen molar-refractivity contribution in [2.24, 2.45) is 0 Å². The van der Waals surface area contributed by atoms with E-state index in [0.717, 1.165) is 32.4 Å². The van der Waals surface area contributed by atoms with Gasteiger partial charge >= 0.3 is 0 Å². The molecule has 3 heterocycles. The molecule has 0 aliphatic carbocycles. The molecular weight excluding hydrogens is 402 g/mol. The highest BCUT2D eigenvalue weighted by molar-refractivity contribution is 7.98. The van der Waals surface area contributed by atoms with Crippen molar-refractivity contribution in [1.29, 1.82) is 0 Å². The fourth-order valence-electron chi connectivity index (χ4n) is 2.92. The molecule has 0 atom stereocenters. The number of nitrogens with zero attached hydrogens (tertiary/aromatic N) is 4. The number of thiazole rings is 1. The van der Waals surface area contributed by atoms with Crippen LogP contribution in [0.3, 0.4) is 0 Å². The minimum absolute atomic E-state index is 0.158. The number of aromatic nitrogens is 4. The Morgan fingerprint density at radius 3 is 2.72 bits per heavy atom. The highest BCUT2D eigenvalue weighted by Gasteiger charge is 2.11. The first kappa shape index (κ1) is 19.6. The number of anilines is 1. The summed E-state index contributed by atoms with van der Waals surface area (Å²) in [6, 6.07) is 9.74. The maximum atomic E-state index is 12.6. The third-order valence-electron chi connectivity index (χ3n) is 4.35. The minimum atomic E-state index is -0.158. The van der Waals surface area contributed by atoms with Crippen molar-refractivity contribution in [3.8, 4) is 0 Å². The lowest BCUT2D eigenvalue weighted by atomic mass is 10.2. The van der Waals surface area contributed by atoms with Gasteiger partial charge in [0.05, 0.1) is 28.8 Å². The zero-order valence-electron chi connectivity index (χ0n) is 16.4. The van der Waals surface area contributed by atoms with Crippen LogP contribution in [0, 0.1) is 6.92 Å². The van der Waals surface area contributed by atoms with Crippen LogP contribution < -0.4 is 5.32 Å². The van der Waals surface area contributed by atoms with Gasteiger partial charge in [0.25, 0.3) is 5.91 Å². The number of hydrogen-bond donors (Lipinski definition) is 1. The van der Waals surface area contributed by atoms with E-state index in [-0.39, 0.29) is 11.9 Å². The smallest absolute Gasteiger partial charge is 0.255 e. The monoisotopic (exact) mass is 423 g/mol. The normalized spacial score (nSPS) is 11.3. The second kappa shape index (κ2) is 8.34. The average Bonchev–Trinajstić information content (AvgIpc) is 3.32. The number of thioether (sulfide) groups is 1. The molecule has 8 heteroatoms. The molecule has 0 bridgehead atoms. The quantitative estimate of drug-likeness (QED) is 0.425. The lowest BCUT2D eigenvalue weighted by Gasteiger charge is -2.08. The van der Waals surface area contributed by atoms with Crippen molar-refractivity contribution in [3.63, 3.8) is 0 Å². The van der Waals surface area contributed by atoms with E-state index < -0.39 is 0 Å². The summed E-state index contributed by atoms with van der Waals surface area (Å²) >= 11 is 3.37. The van der Waals surface area contributed by atoms with Crippen LogP contribution in [0.4, 0.5) is 5.69 Å². The van der Waals surface area contributed by atoms with Crippen LogP contribution in [0.5, 0.6) is 0 Å². The number of nitrogens with one attached hydrogen (secondary N) is 1. The van der Waals surface area contributed by atoms with Gasteiger partial charge in [0, 0.05) is 33.0 Å². The maximum absolute atomic E-state index is 12.6. The zero-order chi connectivity index (χ0) is 20.4. The second-order valence-electron chi connectivity index (χ2n) is 6.94. The summed E-state index contributed by atoms with van der Waals surface area (Å²) in [5.41, 5.74) is 3.16. The van der Waals surface area contributed by atoms with Crippen molar-refractivity contribution < 1.29 is 4.79 Å². The van der Waals surface area contributed by atoms with Gasteiger partial charge in [0.2, 0.25) is 0 Å². The molecule has 0 saturated heterocycles. The molecule has 4 rings (SSSR count). The Labute approximate surface area is 177 Å². The molecule has 3 aromatic heterocycles. The van der Waals surface area contributed by atoms with E-state index in [1.54, 1.807) is 35.5 Å². The van der Waals surface area contributed by atoms with Gasteiger partial charge in [-0.15, -0.1) is 23.1 Å². The van der Waals surface area contributed by atoms with Crippen LogP contribution in [-0.4, -0.2) is 25.7 Å². The van der Waals surface area contributed by atoms with E-state index in [9.17, 15) is 4.79 Å². The van der Waals surface area contributed by atoms with Gasteiger partial charge in [-0.25, -0.2) is 14.6 Å². The molecular formula is C21H21N5OS2. The van der Waals surface area contributed by atoms with Gasteiger partial charge in [-0.3, -0.25) is 4.79 Å². The molecule has 0 aliphatic heterocycles. The van der Waals surface area contributed by atoms with Crippen LogP contribution in [0.1, 0.15) is 40.9 Å².